The van der Waals surface area contributed by atoms with Crippen LogP contribution in [0.2, 0.25) is 0 Å². The van der Waals surface area contributed by atoms with Crippen LogP contribution in [0.15, 0.2) is 24.4 Å². The molecule has 3 nitrogen and oxygen atoms in total. The first-order valence-electron chi connectivity index (χ1n) is 3.14. The molecule has 3 heteroatoms. The molecular formula is C7H7NO2. The van der Waals surface area contributed by atoms with E-state index in [0.717, 1.165) is 0 Å². The largest absolute Gasteiger partial charge is 0.445 e. The van der Waals surface area contributed by atoms with Gasteiger partial charge in [0.05, 0.1) is 0 Å². The lowest BCUT2D eigenvalue weighted by atomic mass is 10.5. The highest BCUT2D eigenvalue weighted by Gasteiger charge is 2.24. The van der Waals surface area contributed by atoms with Gasteiger partial charge in [0.15, 0.2) is 0 Å². The fourth-order valence-corrected chi connectivity index (χ4v) is 0.659. The van der Waals surface area contributed by atoms with Crippen LogP contribution in [0.4, 0.5) is 0 Å². The van der Waals surface area contributed by atoms with Gasteiger partial charge in [0, 0.05) is 12.3 Å². The Morgan fingerprint density at radius 1 is 1.60 bits per heavy atom. The van der Waals surface area contributed by atoms with Gasteiger partial charge < -0.3 is 9.47 Å². The van der Waals surface area contributed by atoms with Crippen LogP contribution >= 0.6 is 0 Å². The maximum atomic E-state index is 5.19. The summed E-state index contributed by atoms with van der Waals surface area (Å²) >= 11 is 0. The monoisotopic (exact) mass is 137 g/mol. The summed E-state index contributed by atoms with van der Waals surface area (Å²) in [5.41, 5.74) is 0. The lowest BCUT2D eigenvalue weighted by Gasteiger charge is -1.97. The summed E-state index contributed by atoms with van der Waals surface area (Å²) in [7, 11) is 0. The zero-order valence-electron chi connectivity index (χ0n) is 5.36. The van der Waals surface area contributed by atoms with E-state index in [4.69, 9.17) is 9.47 Å². The normalized spacial score (nSPS) is 22.2. The Morgan fingerprint density at radius 3 is 3.10 bits per heavy atom. The maximum absolute atomic E-state index is 5.19. The van der Waals surface area contributed by atoms with E-state index in [2.05, 4.69) is 4.98 Å². The second-order valence-corrected chi connectivity index (χ2v) is 2.05. The number of pyridine rings is 1. The zero-order chi connectivity index (χ0) is 6.81. The molecule has 1 saturated heterocycles. The Balaban J connectivity index is 2.03. The van der Waals surface area contributed by atoms with Crippen LogP contribution in [0.5, 0.6) is 5.88 Å². The van der Waals surface area contributed by atoms with E-state index in [-0.39, 0.29) is 6.29 Å². The van der Waals surface area contributed by atoms with Crippen LogP contribution in [0.3, 0.4) is 0 Å². The second-order valence-electron chi connectivity index (χ2n) is 2.05. The summed E-state index contributed by atoms with van der Waals surface area (Å²) in [6.07, 6.45) is 1.65. The summed E-state index contributed by atoms with van der Waals surface area (Å²) in [6, 6.07) is 5.53. The first kappa shape index (κ1) is 5.68. The summed E-state index contributed by atoms with van der Waals surface area (Å²) in [5, 5.41) is 0. The lowest BCUT2D eigenvalue weighted by Crippen LogP contribution is -1.98. The van der Waals surface area contributed by atoms with Gasteiger partial charge in [-0.3, -0.25) is 0 Å². The van der Waals surface area contributed by atoms with Crippen molar-refractivity contribution in [2.75, 3.05) is 6.61 Å². The van der Waals surface area contributed by atoms with E-state index in [9.17, 15) is 0 Å². The Bertz CT molecular complexity index is 208. The highest BCUT2D eigenvalue weighted by atomic mass is 16.8. The molecule has 1 unspecified atom stereocenters. The smallest absolute Gasteiger partial charge is 0.225 e. The Hall–Kier alpha value is -1.09. The van der Waals surface area contributed by atoms with Crippen molar-refractivity contribution in [2.24, 2.45) is 0 Å². The zero-order valence-corrected chi connectivity index (χ0v) is 5.36. The van der Waals surface area contributed by atoms with Crippen molar-refractivity contribution in [1.82, 2.24) is 4.98 Å². The van der Waals surface area contributed by atoms with Crippen LogP contribution in [0.25, 0.3) is 0 Å². The highest BCUT2D eigenvalue weighted by molar-refractivity contribution is 5.09. The predicted molar refractivity (Wildman–Crippen MR) is 34.6 cm³/mol. The van der Waals surface area contributed by atoms with E-state index in [1.807, 2.05) is 18.2 Å². The third-order valence-electron chi connectivity index (χ3n) is 1.19. The molecule has 0 amide bonds. The second kappa shape index (κ2) is 2.27. The summed E-state index contributed by atoms with van der Waals surface area (Å²) in [6.45, 7) is 0.691. The predicted octanol–water partition coefficient (Wildman–Crippen LogP) is 0.817. The molecule has 0 saturated carbocycles. The molecule has 2 rings (SSSR count). The third kappa shape index (κ3) is 1.25. The number of nitrogens with zero attached hydrogens (tertiary/aromatic N) is 1. The molecule has 10 heavy (non-hydrogen) atoms. The van der Waals surface area contributed by atoms with Gasteiger partial charge in [-0.05, 0) is 6.07 Å². The quantitative estimate of drug-likeness (QED) is 0.566. The van der Waals surface area contributed by atoms with Gasteiger partial charge in [0.25, 0.3) is 0 Å². The van der Waals surface area contributed by atoms with Crippen molar-refractivity contribution in [3.05, 3.63) is 24.4 Å². The number of hydrogen-bond acceptors (Lipinski definition) is 3. The van der Waals surface area contributed by atoms with E-state index >= 15 is 0 Å². The van der Waals surface area contributed by atoms with Crippen LogP contribution in [-0.2, 0) is 4.74 Å². The third-order valence-corrected chi connectivity index (χ3v) is 1.19. The van der Waals surface area contributed by atoms with Crippen molar-refractivity contribution < 1.29 is 9.47 Å². The van der Waals surface area contributed by atoms with Crippen molar-refractivity contribution in [3.8, 4) is 5.88 Å². The van der Waals surface area contributed by atoms with Gasteiger partial charge in [-0.2, -0.15) is 0 Å². The molecule has 52 valence electrons. The minimum atomic E-state index is -0.0464. The molecule has 1 aromatic rings. The number of ether oxygens (including phenoxy) is 2. The topological polar surface area (TPSA) is 34.6 Å². The average Bonchev–Trinajstić information content (AvgIpc) is 2.74. The number of hydrogen-bond donors (Lipinski definition) is 0. The van der Waals surface area contributed by atoms with Crippen LogP contribution in [-0.4, -0.2) is 17.9 Å². The van der Waals surface area contributed by atoms with Crippen molar-refractivity contribution in [3.63, 3.8) is 0 Å². The summed E-state index contributed by atoms with van der Waals surface area (Å²) in [5.74, 6) is 0.630. The van der Waals surface area contributed by atoms with Gasteiger partial charge >= 0.3 is 0 Å². The highest BCUT2D eigenvalue weighted by Crippen LogP contribution is 2.14. The molecule has 0 N–H and O–H groups in total. The number of aromatic nitrogens is 1. The van der Waals surface area contributed by atoms with Crippen LogP contribution in [0, 0.1) is 0 Å². The van der Waals surface area contributed by atoms with E-state index in [1.54, 1.807) is 6.20 Å². The van der Waals surface area contributed by atoms with Crippen LogP contribution in [0.1, 0.15) is 0 Å². The number of rotatable bonds is 2. The van der Waals surface area contributed by atoms with E-state index in [1.165, 1.54) is 0 Å². The number of epoxide rings is 1. The van der Waals surface area contributed by atoms with Gasteiger partial charge in [-0.25, -0.2) is 4.98 Å². The minimum Gasteiger partial charge on any atom is -0.445 e. The molecule has 1 aliphatic heterocycles. The Kier molecular flexibility index (Phi) is 1.29. The van der Waals surface area contributed by atoms with Crippen molar-refractivity contribution in [2.45, 2.75) is 6.29 Å². The first-order chi connectivity index (χ1) is 4.95. The molecule has 2 heterocycles. The van der Waals surface area contributed by atoms with Crippen LogP contribution < -0.4 is 4.74 Å². The summed E-state index contributed by atoms with van der Waals surface area (Å²) < 4.78 is 10.0. The SMILES string of the molecule is c1ccc(OC2CO2)nc1. The lowest BCUT2D eigenvalue weighted by molar-refractivity contribution is 0.173. The molecule has 1 aliphatic rings. The standard InChI is InChI=1S/C7H7NO2/c1-2-4-8-6(3-1)10-7-5-9-7/h1-4,7H,5H2. The molecule has 1 aromatic heterocycles. The molecule has 0 aromatic carbocycles. The van der Waals surface area contributed by atoms with Gasteiger partial charge in [-0.1, -0.05) is 6.07 Å². The maximum Gasteiger partial charge on any atom is 0.225 e. The average molecular weight is 137 g/mol. The molecule has 1 fully saturated rings. The van der Waals surface area contributed by atoms with Gasteiger partial charge in [0.1, 0.15) is 6.61 Å². The van der Waals surface area contributed by atoms with E-state index in [0.29, 0.717) is 12.5 Å². The fraction of sp³-hybridized carbons (Fsp3) is 0.286. The minimum absolute atomic E-state index is 0.0464. The first-order valence-corrected chi connectivity index (χ1v) is 3.14. The van der Waals surface area contributed by atoms with Crippen molar-refractivity contribution in [1.29, 1.82) is 0 Å². The van der Waals surface area contributed by atoms with Gasteiger partial charge in [-0.15, -0.1) is 0 Å². The molecular weight excluding hydrogens is 130 g/mol. The van der Waals surface area contributed by atoms with E-state index < -0.39 is 0 Å². The molecule has 0 radical (unpaired) electrons. The molecule has 0 bridgehead atoms. The Morgan fingerprint density at radius 2 is 2.50 bits per heavy atom. The molecule has 1 atom stereocenters. The van der Waals surface area contributed by atoms with Crippen molar-refractivity contribution >= 4 is 0 Å². The fourth-order valence-electron chi connectivity index (χ4n) is 0.659. The molecule has 0 spiro atoms. The summed E-state index contributed by atoms with van der Waals surface area (Å²) in [4.78, 5) is 3.96. The Labute approximate surface area is 58.6 Å². The van der Waals surface area contributed by atoms with Gasteiger partial charge in [0.2, 0.25) is 12.2 Å². The molecule has 0 aliphatic carbocycles.